The Hall–Kier alpha value is -3.20. The summed E-state index contributed by atoms with van der Waals surface area (Å²) in [7, 11) is 2.08. The van der Waals surface area contributed by atoms with E-state index in [1.165, 1.54) is 12.0 Å². The van der Waals surface area contributed by atoms with Crippen LogP contribution in [0.2, 0.25) is 0 Å². The summed E-state index contributed by atoms with van der Waals surface area (Å²) < 4.78 is 17.5. The second kappa shape index (κ2) is 7.19. The second-order valence-corrected chi connectivity index (χ2v) is 8.87. The van der Waals surface area contributed by atoms with E-state index < -0.39 is 5.89 Å². The Balaban J connectivity index is 1.53. The van der Waals surface area contributed by atoms with Crippen LogP contribution in [-0.4, -0.2) is 4.98 Å². The lowest BCUT2D eigenvalue weighted by molar-refractivity contribution is -0.660. The van der Waals surface area contributed by atoms with Gasteiger partial charge in [-0.1, -0.05) is 37.5 Å². The molecule has 0 N–H and O–H groups in total. The van der Waals surface area contributed by atoms with Gasteiger partial charge < -0.3 is 4.42 Å². The first-order valence-corrected chi connectivity index (χ1v) is 11.3. The van der Waals surface area contributed by atoms with Gasteiger partial charge in [0.1, 0.15) is 12.6 Å². The van der Waals surface area contributed by atoms with Crippen molar-refractivity contribution in [2.24, 2.45) is 7.05 Å². The van der Waals surface area contributed by atoms with Gasteiger partial charge in [-0.15, -0.1) is 0 Å². The van der Waals surface area contributed by atoms with Crippen LogP contribution in [0.15, 0.2) is 65.2 Å². The van der Waals surface area contributed by atoms with Crippen molar-refractivity contribution >= 4 is 33.0 Å². The van der Waals surface area contributed by atoms with E-state index >= 15 is 0 Å². The molecule has 1 saturated carbocycles. The van der Waals surface area contributed by atoms with E-state index in [9.17, 15) is 0 Å². The van der Waals surface area contributed by atoms with E-state index in [2.05, 4.69) is 61.1 Å². The topological polar surface area (TPSA) is 29.9 Å². The molecule has 3 nitrogen and oxygen atoms in total. The zero-order valence-corrected chi connectivity index (χ0v) is 18.1. The van der Waals surface area contributed by atoms with Crippen LogP contribution in [0.5, 0.6) is 0 Å². The van der Waals surface area contributed by atoms with Crippen molar-refractivity contribution in [2.45, 2.75) is 44.9 Å². The zero-order chi connectivity index (χ0) is 21.9. The maximum absolute atomic E-state index is 9.08. The average Bonchev–Trinajstić information content (AvgIpc) is 3.14. The molecule has 31 heavy (non-hydrogen) atoms. The smallest absolute Gasteiger partial charge is 0.227 e. The lowest BCUT2D eigenvalue weighted by atomic mass is 9.84. The Kier molecular flexibility index (Phi) is 4.06. The van der Waals surface area contributed by atoms with Crippen molar-refractivity contribution in [1.29, 1.82) is 0 Å². The van der Waals surface area contributed by atoms with Crippen LogP contribution in [0, 0.1) is 6.92 Å². The first kappa shape index (κ1) is 17.5. The van der Waals surface area contributed by atoms with Gasteiger partial charge in [-0.25, -0.2) is 9.55 Å². The highest BCUT2D eigenvalue weighted by Gasteiger charge is 2.21. The van der Waals surface area contributed by atoms with Crippen LogP contribution in [0.25, 0.3) is 44.2 Å². The lowest BCUT2D eigenvalue weighted by Gasteiger charge is -2.21. The summed E-state index contributed by atoms with van der Waals surface area (Å²) in [6, 6.07) is 19.1. The van der Waals surface area contributed by atoms with E-state index in [1.807, 2.05) is 18.2 Å². The van der Waals surface area contributed by atoms with E-state index in [4.69, 9.17) is 10.8 Å². The van der Waals surface area contributed by atoms with Gasteiger partial charge in [0.05, 0.1) is 11.1 Å². The normalized spacial score (nSPS) is 16.8. The van der Waals surface area contributed by atoms with Crippen molar-refractivity contribution in [3.63, 3.8) is 0 Å². The predicted octanol–water partition coefficient (Wildman–Crippen LogP) is 6.98. The van der Waals surface area contributed by atoms with Gasteiger partial charge in [0.15, 0.2) is 6.20 Å². The molecule has 3 heteroatoms. The van der Waals surface area contributed by atoms with Crippen molar-refractivity contribution in [1.82, 2.24) is 4.98 Å². The van der Waals surface area contributed by atoms with Crippen LogP contribution < -0.4 is 4.57 Å². The molecule has 5 aromatic rings. The molecule has 0 amide bonds. The molecule has 2 aromatic carbocycles. The highest BCUT2D eigenvalue weighted by Crippen LogP contribution is 2.37. The predicted molar refractivity (Wildman–Crippen MR) is 126 cm³/mol. The summed E-state index contributed by atoms with van der Waals surface area (Å²) in [5, 5.41) is 3.28. The summed E-state index contributed by atoms with van der Waals surface area (Å²) in [4.78, 5) is 4.75. The summed E-state index contributed by atoms with van der Waals surface area (Å²) in [5.41, 5.74) is 7.07. The van der Waals surface area contributed by atoms with Crippen molar-refractivity contribution in [3.05, 3.63) is 71.9 Å². The second-order valence-electron chi connectivity index (χ2n) is 8.87. The molecule has 0 atom stereocenters. The molecule has 1 fully saturated rings. The van der Waals surface area contributed by atoms with Crippen molar-refractivity contribution in [3.8, 4) is 11.3 Å². The molecule has 1 aliphatic rings. The number of pyridine rings is 2. The third kappa shape index (κ3) is 3.11. The molecule has 0 unspecified atom stereocenters. The molecule has 0 saturated heterocycles. The minimum atomic E-state index is -0.470. The minimum Gasteiger partial charge on any atom is -0.438 e. The highest BCUT2D eigenvalue weighted by molar-refractivity contribution is 6.08. The number of nitrogens with zero attached hydrogens (tertiary/aromatic N) is 2. The van der Waals surface area contributed by atoms with E-state index in [1.54, 1.807) is 0 Å². The van der Waals surface area contributed by atoms with Crippen molar-refractivity contribution in [2.75, 3.05) is 0 Å². The number of hydrogen-bond donors (Lipinski definition) is 0. The van der Waals surface area contributed by atoms with Gasteiger partial charge in [0.2, 0.25) is 11.4 Å². The monoisotopic (exact) mass is 408 g/mol. The highest BCUT2D eigenvalue weighted by atomic mass is 16.3. The fourth-order valence-corrected chi connectivity index (χ4v) is 5.06. The Morgan fingerprint density at radius 3 is 2.71 bits per heavy atom. The quantitative estimate of drug-likeness (QED) is 0.295. The van der Waals surface area contributed by atoms with Crippen molar-refractivity contribution < 1.29 is 10.4 Å². The number of furan rings is 1. The largest absolute Gasteiger partial charge is 0.438 e. The maximum Gasteiger partial charge on any atom is 0.227 e. The minimum absolute atomic E-state index is 0.470. The first-order valence-electron chi connectivity index (χ1n) is 11.8. The third-order valence-electron chi connectivity index (χ3n) is 6.80. The lowest BCUT2D eigenvalue weighted by Crippen LogP contribution is -2.31. The number of hydrogen-bond acceptors (Lipinski definition) is 2. The summed E-state index contributed by atoms with van der Waals surface area (Å²) in [6.45, 7) is 2.16. The number of benzene rings is 2. The van der Waals surface area contributed by atoms with E-state index in [-0.39, 0.29) is 0 Å². The third-order valence-corrected chi connectivity index (χ3v) is 6.80. The van der Waals surface area contributed by atoms with Crippen LogP contribution in [-0.2, 0) is 7.05 Å². The van der Waals surface area contributed by atoms with Crippen LogP contribution in [0.1, 0.15) is 50.5 Å². The van der Waals surface area contributed by atoms with Gasteiger partial charge in [0.25, 0.3) is 0 Å². The molecule has 0 bridgehead atoms. The molecule has 6 rings (SSSR count). The molecule has 154 valence electrons. The molecule has 0 radical (unpaired) electrons. The van der Waals surface area contributed by atoms with Gasteiger partial charge in [0, 0.05) is 29.7 Å². The SMILES string of the molecule is [2H]C1(c2cc[n+](C)c(-c3cc4oc5nc6ccccc6cc5c4cc3C)c2)CCCCC1. The molecular weight excluding hydrogens is 380 g/mol. The van der Waals surface area contributed by atoms with Gasteiger partial charge in [-0.2, -0.15) is 0 Å². The summed E-state index contributed by atoms with van der Waals surface area (Å²) in [6.07, 6.45) is 7.53. The Labute approximate surface area is 183 Å². The van der Waals surface area contributed by atoms with Crippen LogP contribution >= 0.6 is 0 Å². The maximum atomic E-state index is 9.08. The van der Waals surface area contributed by atoms with E-state index in [0.717, 1.165) is 69.8 Å². The molecule has 0 aliphatic heterocycles. The summed E-state index contributed by atoms with van der Waals surface area (Å²) in [5.74, 6) is -0.470. The van der Waals surface area contributed by atoms with E-state index in [0.29, 0.717) is 5.71 Å². The van der Waals surface area contributed by atoms with Gasteiger partial charge >= 0.3 is 0 Å². The fourth-order valence-electron chi connectivity index (χ4n) is 5.06. The number of aryl methyl sites for hydroxylation is 2. The van der Waals surface area contributed by atoms with Crippen LogP contribution in [0.4, 0.5) is 0 Å². The average molecular weight is 409 g/mol. The zero-order valence-electron chi connectivity index (χ0n) is 19.1. The molecular formula is C28H27N2O+. The Morgan fingerprint density at radius 1 is 1.00 bits per heavy atom. The number of aromatic nitrogens is 2. The van der Waals surface area contributed by atoms with Gasteiger partial charge in [-0.3, -0.25) is 0 Å². The molecule has 3 aromatic heterocycles. The fraction of sp³-hybridized carbons (Fsp3) is 0.286. The Morgan fingerprint density at radius 2 is 1.84 bits per heavy atom. The Bertz CT molecular complexity index is 1490. The first-order chi connectivity index (χ1) is 15.5. The van der Waals surface area contributed by atoms with Crippen LogP contribution in [0.3, 0.4) is 0 Å². The molecule has 0 spiro atoms. The molecule has 3 heterocycles. The molecule has 1 aliphatic carbocycles. The number of para-hydroxylation sites is 1. The van der Waals surface area contributed by atoms with Gasteiger partial charge in [-0.05, 0) is 61.1 Å². The summed E-state index contributed by atoms with van der Waals surface area (Å²) >= 11 is 0. The standard InChI is InChI=1S/C28H27N2O/c1-18-14-23-24-15-21-10-6-7-11-25(21)29-28(24)31-27(23)17-22(18)26-16-20(12-13-30(26)2)19-8-4-3-5-9-19/h6-7,10-17,19H,3-5,8-9H2,1-2H3/q+1/i19D. The number of rotatable bonds is 2. The number of fused-ring (bicyclic) bond motifs is 4.